The van der Waals surface area contributed by atoms with Gasteiger partial charge in [0.15, 0.2) is 23.0 Å². The van der Waals surface area contributed by atoms with Crippen LogP contribution < -0.4 is 28.3 Å². The Morgan fingerprint density at radius 3 is 1.29 bits per heavy atom. The number of rotatable bonds is 7. The van der Waals surface area contributed by atoms with Gasteiger partial charge in [0, 0.05) is 5.56 Å². The van der Waals surface area contributed by atoms with Crippen LogP contribution >= 0.6 is 0 Å². The highest BCUT2D eigenvalue weighted by atomic mass is 16.5. The first-order valence-corrected chi connectivity index (χ1v) is 12.6. The van der Waals surface area contributed by atoms with E-state index in [0.29, 0.717) is 0 Å². The van der Waals surface area contributed by atoms with Crippen molar-refractivity contribution in [3.63, 3.8) is 0 Å². The molecule has 0 aliphatic heterocycles. The van der Waals surface area contributed by atoms with E-state index in [4.69, 9.17) is 23.7 Å². The second kappa shape index (κ2) is 10.7. The molecule has 0 saturated heterocycles. The summed E-state index contributed by atoms with van der Waals surface area (Å²) in [6.45, 7) is 0.720. The fourth-order valence-electron chi connectivity index (χ4n) is 5.35. The van der Waals surface area contributed by atoms with Crippen LogP contribution in [0.25, 0.3) is 0 Å². The number of aromatic nitrogens is 2. The second-order valence-corrected chi connectivity index (χ2v) is 9.67. The number of nitrogens with zero attached hydrogens (tertiary/aromatic N) is 2. The van der Waals surface area contributed by atoms with E-state index in [0.717, 1.165) is 60.1 Å². The first kappa shape index (κ1) is 25.5. The molecule has 0 atom stereocenters. The molecule has 4 aromatic rings. The fraction of sp³-hybridized carbons (Fsp3) is 0.323. The van der Waals surface area contributed by atoms with Gasteiger partial charge in [-0.25, -0.2) is 9.13 Å². The number of benzene rings is 3. The number of ether oxygens (including phenoxy) is 5. The second-order valence-electron chi connectivity index (χ2n) is 9.67. The minimum Gasteiger partial charge on any atom is -0.496 e. The molecule has 1 aromatic heterocycles. The summed E-state index contributed by atoms with van der Waals surface area (Å²) < 4.78 is 32.8. The fourth-order valence-corrected chi connectivity index (χ4v) is 5.35. The molecule has 0 N–H and O–H groups in total. The molecule has 0 fully saturated rings. The summed E-state index contributed by atoms with van der Waals surface area (Å²) >= 11 is 0. The van der Waals surface area contributed by atoms with Crippen molar-refractivity contribution in [2.45, 2.75) is 25.8 Å². The molecular weight excluding hydrogens is 480 g/mol. The maximum Gasteiger partial charge on any atom is 0.243 e. The van der Waals surface area contributed by atoms with Gasteiger partial charge < -0.3 is 23.7 Å². The van der Waals surface area contributed by atoms with Gasteiger partial charge in [-0.2, -0.15) is 0 Å². The molecule has 0 radical (unpaired) electrons. The zero-order valence-corrected chi connectivity index (χ0v) is 23.0. The van der Waals surface area contributed by atoms with Gasteiger partial charge in [0.25, 0.3) is 0 Å². The number of aryl methyl sites for hydroxylation is 1. The van der Waals surface area contributed by atoms with Gasteiger partial charge in [-0.15, -0.1) is 0 Å². The highest BCUT2D eigenvalue weighted by Crippen LogP contribution is 2.39. The van der Waals surface area contributed by atoms with Crippen LogP contribution in [0.3, 0.4) is 0 Å². The van der Waals surface area contributed by atoms with Crippen LogP contribution in [-0.2, 0) is 32.9 Å². The summed E-state index contributed by atoms with van der Waals surface area (Å²) in [5.74, 6) is 3.79. The van der Waals surface area contributed by atoms with E-state index in [9.17, 15) is 0 Å². The lowest BCUT2D eigenvalue weighted by Gasteiger charge is -2.17. The molecule has 0 saturated carbocycles. The Bertz CT molecular complexity index is 1460. The van der Waals surface area contributed by atoms with Gasteiger partial charge >= 0.3 is 0 Å². The minimum absolute atomic E-state index is 0.720. The molecule has 0 spiro atoms. The molecule has 1 aliphatic carbocycles. The third kappa shape index (κ3) is 4.88. The molecule has 1 aliphatic rings. The summed E-state index contributed by atoms with van der Waals surface area (Å²) in [5.41, 5.74) is 8.39. The van der Waals surface area contributed by atoms with E-state index in [1.165, 1.54) is 33.4 Å². The van der Waals surface area contributed by atoms with E-state index in [2.05, 4.69) is 53.5 Å². The molecule has 0 unspecified atom stereocenters. The van der Waals surface area contributed by atoms with E-state index < -0.39 is 0 Å². The standard InChI is InChI=1S/C31H35N2O5/c1-32-7-8-33(19-32)18-26-12-20-9-22-14-28(35-3)30(37-5)16-24(22)11-25-17-31(38-6)29(36-4)15-23(25)10-21(20)13-27(26)34-2/h7-8,12-17,19H,9-11,18H2,1-6H3/q+1. The van der Waals surface area contributed by atoms with E-state index in [1.807, 2.05) is 17.8 Å². The number of fused-ring (bicyclic) bond motifs is 3. The van der Waals surface area contributed by atoms with Crippen LogP contribution in [0, 0.1) is 0 Å². The predicted octanol–water partition coefficient (Wildman–Crippen LogP) is 4.49. The van der Waals surface area contributed by atoms with Crippen LogP contribution in [-0.4, -0.2) is 40.1 Å². The molecule has 198 valence electrons. The quantitative estimate of drug-likeness (QED) is 0.299. The largest absolute Gasteiger partial charge is 0.496 e. The Balaban J connectivity index is 1.71. The van der Waals surface area contributed by atoms with Crippen LogP contribution in [0.5, 0.6) is 28.7 Å². The van der Waals surface area contributed by atoms with Gasteiger partial charge in [0.05, 0.1) is 42.6 Å². The third-order valence-corrected chi connectivity index (χ3v) is 7.33. The number of hydrogen-bond donors (Lipinski definition) is 0. The molecule has 1 heterocycles. The average Bonchev–Trinajstić information content (AvgIpc) is 3.36. The van der Waals surface area contributed by atoms with Gasteiger partial charge in [-0.05, 0) is 89.0 Å². The summed E-state index contributed by atoms with van der Waals surface area (Å²) in [6.07, 6.45) is 8.45. The molecule has 0 bridgehead atoms. The molecular formula is C31H35N2O5+. The van der Waals surface area contributed by atoms with Crippen molar-refractivity contribution in [3.05, 3.63) is 94.1 Å². The van der Waals surface area contributed by atoms with Crippen LogP contribution in [0.1, 0.15) is 38.9 Å². The molecule has 3 aromatic carbocycles. The Morgan fingerprint density at radius 1 is 0.579 bits per heavy atom. The highest BCUT2D eigenvalue weighted by molar-refractivity contribution is 5.57. The lowest BCUT2D eigenvalue weighted by atomic mass is 9.92. The van der Waals surface area contributed by atoms with Crippen molar-refractivity contribution in [1.82, 2.24) is 4.57 Å². The Hall–Kier alpha value is -4.13. The van der Waals surface area contributed by atoms with Crippen molar-refractivity contribution >= 4 is 0 Å². The minimum atomic E-state index is 0.720. The third-order valence-electron chi connectivity index (χ3n) is 7.33. The number of hydrogen-bond acceptors (Lipinski definition) is 5. The number of imidazole rings is 1. The zero-order chi connectivity index (χ0) is 26.8. The molecule has 5 rings (SSSR count). The van der Waals surface area contributed by atoms with Crippen molar-refractivity contribution in [2.75, 3.05) is 35.5 Å². The summed E-state index contributed by atoms with van der Waals surface area (Å²) in [4.78, 5) is 0. The lowest BCUT2D eigenvalue weighted by molar-refractivity contribution is -0.671. The normalized spacial score (nSPS) is 12.3. The van der Waals surface area contributed by atoms with Gasteiger partial charge in [-0.3, -0.25) is 0 Å². The molecule has 0 amide bonds. The highest BCUT2D eigenvalue weighted by Gasteiger charge is 2.22. The van der Waals surface area contributed by atoms with Gasteiger partial charge in [0.1, 0.15) is 24.7 Å². The predicted molar refractivity (Wildman–Crippen MR) is 145 cm³/mol. The van der Waals surface area contributed by atoms with Gasteiger partial charge in [0.2, 0.25) is 6.33 Å². The summed E-state index contributed by atoms with van der Waals surface area (Å²) in [5, 5.41) is 0. The maximum atomic E-state index is 5.90. The smallest absolute Gasteiger partial charge is 0.243 e. The van der Waals surface area contributed by atoms with Crippen molar-refractivity contribution < 1.29 is 28.3 Å². The topological polar surface area (TPSA) is 55.0 Å². The maximum absolute atomic E-state index is 5.90. The van der Waals surface area contributed by atoms with Crippen LogP contribution in [0.15, 0.2) is 55.1 Å². The SMILES string of the molecule is COc1cc2c(cc1Cn1cc[n+](C)c1)Cc1cc(OC)c(OC)cc1Cc1cc(OC)c(OC)cc1C2. The van der Waals surface area contributed by atoms with E-state index in [-0.39, 0.29) is 0 Å². The lowest BCUT2D eigenvalue weighted by Crippen LogP contribution is -2.23. The van der Waals surface area contributed by atoms with Crippen molar-refractivity contribution in [3.8, 4) is 28.7 Å². The van der Waals surface area contributed by atoms with Crippen molar-refractivity contribution in [1.29, 1.82) is 0 Å². The van der Waals surface area contributed by atoms with Crippen molar-refractivity contribution in [2.24, 2.45) is 7.05 Å². The average molecular weight is 516 g/mol. The molecule has 7 nitrogen and oxygen atoms in total. The molecule has 7 heteroatoms. The van der Waals surface area contributed by atoms with E-state index >= 15 is 0 Å². The first-order valence-electron chi connectivity index (χ1n) is 12.6. The Morgan fingerprint density at radius 2 is 0.947 bits per heavy atom. The zero-order valence-electron chi connectivity index (χ0n) is 23.0. The van der Waals surface area contributed by atoms with Crippen LogP contribution in [0.2, 0.25) is 0 Å². The Kier molecular flexibility index (Phi) is 7.18. The van der Waals surface area contributed by atoms with Crippen LogP contribution in [0.4, 0.5) is 0 Å². The summed E-state index contributed by atoms with van der Waals surface area (Å²) in [6, 6.07) is 12.9. The van der Waals surface area contributed by atoms with E-state index in [1.54, 1.807) is 35.5 Å². The Labute approximate surface area is 224 Å². The monoisotopic (exact) mass is 515 g/mol. The number of methoxy groups -OCH3 is 5. The summed E-state index contributed by atoms with van der Waals surface area (Å²) in [7, 11) is 10.5. The molecule has 38 heavy (non-hydrogen) atoms. The first-order chi connectivity index (χ1) is 18.5. The van der Waals surface area contributed by atoms with Gasteiger partial charge in [-0.1, -0.05) is 0 Å².